The van der Waals surface area contributed by atoms with E-state index in [1.807, 2.05) is 38.2 Å². The van der Waals surface area contributed by atoms with Crippen molar-refractivity contribution in [3.8, 4) is 0 Å². The highest BCUT2D eigenvalue weighted by atomic mass is 32.1. The molecule has 1 aromatic carbocycles. The van der Waals surface area contributed by atoms with Crippen LogP contribution < -0.4 is 26.2 Å². The number of piperazine rings is 1. The molecule has 17 heteroatoms. The monoisotopic (exact) mass is 806 g/mol. The molecule has 7 rings (SSSR count). The van der Waals surface area contributed by atoms with Gasteiger partial charge in [0.2, 0.25) is 17.8 Å². The number of carbonyl (C=O) groups is 4. The van der Waals surface area contributed by atoms with E-state index in [0.717, 1.165) is 79.2 Å². The zero-order valence-electron chi connectivity index (χ0n) is 33.4. The molecule has 1 saturated carbocycles. The minimum absolute atomic E-state index is 0.0445. The number of aromatic nitrogens is 5. The van der Waals surface area contributed by atoms with Gasteiger partial charge < -0.3 is 30.3 Å². The van der Waals surface area contributed by atoms with Crippen molar-refractivity contribution < 1.29 is 19.2 Å². The second-order valence-electron chi connectivity index (χ2n) is 15.0. The summed E-state index contributed by atoms with van der Waals surface area (Å²) in [6, 6.07) is 12.9. The number of carbonyl (C=O) groups excluding carboxylic acids is 4. The molecule has 5 heterocycles. The lowest BCUT2D eigenvalue weighted by atomic mass is 10.1. The molecule has 4 aromatic heterocycles. The average molecular weight is 807 g/mol. The third-order valence-corrected chi connectivity index (χ3v) is 11.6. The van der Waals surface area contributed by atoms with E-state index in [9.17, 15) is 19.2 Å². The summed E-state index contributed by atoms with van der Waals surface area (Å²) in [7, 11) is 3.53. The van der Waals surface area contributed by atoms with Crippen LogP contribution in [0.3, 0.4) is 0 Å². The van der Waals surface area contributed by atoms with Gasteiger partial charge in [0, 0.05) is 75.7 Å². The van der Waals surface area contributed by atoms with Crippen LogP contribution in [0.25, 0.3) is 11.0 Å². The van der Waals surface area contributed by atoms with Crippen LogP contribution in [0.4, 0.5) is 28.3 Å². The van der Waals surface area contributed by atoms with Gasteiger partial charge in [0.25, 0.3) is 11.8 Å². The Morgan fingerprint density at radius 1 is 0.897 bits per heavy atom. The number of pyridine rings is 1. The smallest absolute Gasteiger partial charge is 0.270 e. The summed E-state index contributed by atoms with van der Waals surface area (Å²) in [5.74, 6) is 0.321. The van der Waals surface area contributed by atoms with E-state index in [0.29, 0.717) is 46.8 Å². The normalized spacial score (nSPS) is 14.7. The second-order valence-corrected chi connectivity index (χ2v) is 16.2. The fourth-order valence-corrected chi connectivity index (χ4v) is 8.16. The van der Waals surface area contributed by atoms with E-state index in [2.05, 4.69) is 50.6 Å². The van der Waals surface area contributed by atoms with Crippen molar-refractivity contribution in [2.45, 2.75) is 58.4 Å². The Bertz CT molecular complexity index is 2250. The van der Waals surface area contributed by atoms with Crippen molar-refractivity contribution in [3.05, 3.63) is 76.7 Å². The quantitative estimate of drug-likeness (QED) is 0.106. The third-order valence-electron chi connectivity index (χ3n) is 10.6. The molecule has 16 nitrogen and oxygen atoms in total. The Kier molecular flexibility index (Phi) is 12.6. The predicted octanol–water partition coefficient (Wildman–Crippen LogP) is 5.37. The Balaban J connectivity index is 0.834. The number of thiazole rings is 1. The highest BCUT2D eigenvalue weighted by molar-refractivity contribution is 7.15. The number of amides is 4. The number of benzene rings is 1. The van der Waals surface area contributed by atoms with Gasteiger partial charge in [-0.1, -0.05) is 25.0 Å². The van der Waals surface area contributed by atoms with E-state index in [-0.39, 0.29) is 42.6 Å². The van der Waals surface area contributed by atoms with Crippen LogP contribution in [0.1, 0.15) is 76.0 Å². The third kappa shape index (κ3) is 9.59. The standard InChI is InChI=1S/C41H50N12O4S/c1-26-27(2)58-41(45-26)49-38(56)31-12-7-8-13-32(31)46-35(54)14-9-17-42-36(55)25-51-18-20-52(21-19-51)30-15-16-34(43-24-30)47-40-44-23-28-22-33(39(57)50(3)4)53(37(28)48-40)29-10-5-6-11-29/h7-8,12-13,15-16,22-24,29H,5-6,9-11,14,17-21,25H2,1-4H3,(H,42,55)(H,46,54)(H,45,49,56)(H,43,44,47,48). The molecule has 0 atom stereocenters. The highest BCUT2D eigenvalue weighted by Gasteiger charge is 2.27. The van der Waals surface area contributed by atoms with Crippen LogP contribution in [-0.4, -0.2) is 111 Å². The molecule has 0 bridgehead atoms. The minimum Gasteiger partial charge on any atom is -0.368 e. The first-order valence-electron chi connectivity index (χ1n) is 19.7. The SMILES string of the molecule is Cc1nc(NC(=O)c2ccccc2NC(=O)CCCNC(=O)CN2CCN(c3ccc(Nc4ncc5cc(C(=O)N(C)C)n(C6CCCC6)c5n4)nc3)CC2)sc1C. The zero-order chi connectivity index (χ0) is 40.8. The lowest BCUT2D eigenvalue weighted by molar-refractivity contribution is -0.122. The summed E-state index contributed by atoms with van der Waals surface area (Å²) in [5, 5.41) is 13.2. The zero-order valence-corrected chi connectivity index (χ0v) is 34.2. The highest BCUT2D eigenvalue weighted by Crippen LogP contribution is 2.35. The van der Waals surface area contributed by atoms with Crippen LogP contribution in [0, 0.1) is 13.8 Å². The van der Waals surface area contributed by atoms with Crippen LogP contribution >= 0.6 is 11.3 Å². The number of aryl methyl sites for hydroxylation is 2. The van der Waals surface area contributed by atoms with Gasteiger partial charge in [-0.15, -0.1) is 11.3 Å². The van der Waals surface area contributed by atoms with Gasteiger partial charge in [-0.05, 0) is 63.4 Å². The second kappa shape index (κ2) is 18.1. The number of para-hydroxylation sites is 1. The topological polar surface area (TPSA) is 183 Å². The van der Waals surface area contributed by atoms with Gasteiger partial charge in [-0.2, -0.15) is 4.98 Å². The molecular weight excluding hydrogens is 757 g/mol. The van der Waals surface area contributed by atoms with Gasteiger partial charge >= 0.3 is 0 Å². The molecule has 1 saturated heterocycles. The predicted molar refractivity (Wildman–Crippen MR) is 226 cm³/mol. The maximum absolute atomic E-state index is 13.1. The van der Waals surface area contributed by atoms with Gasteiger partial charge in [-0.3, -0.25) is 29.4 Å². The Hall–Kier alpha value is -5.94. The van der Waals surface area contributed by atoms with Crippen molar-refractivity contribution in [2.75, 3.05) is 74.2 Å². The first-order valence-corrected chi connectivity index (χ1v) is 20.5. The number of nitrogens with one attached hydrogen (secondary N) is 4. The van der Waals surface area contributed by atoms with Gasteiger partial charge in [0.05, 0.1) is 35.4 Å². The van der Waals surface area contributed by atoms with Crippen molar-refractivity contribution in [1.82, 2.24) is 39.6 Å². The number of hydrogen-bond donors (Lipinski definition) is 4. The molecule has 1 aliphatic heterocycles. The molecule has 0 unspecified atom stereocenters. The first kappa shape index (κ1) is 40.3. The molecule has 2 fully saturated rings. The molecule has 1 aliphatic carbocycles. The van der Waals surface area contributed by atoms with Crippen molar-refractivity contribution in [2.24, 2.45) is 0 Å². The molecule has 0 radical (unpaired) electrons. The maximum atomic E-state index is 13.1. The molecule has 58 heavy (non-hydrogen) atoms. The van der Waals surface area contributed by atoms with Gasteiger partial charge in [0.15, 0.2) is 5.13 Å². The van der Waals surface area contributed by atoms with Crippen LogP contribution in [-0.2, 0) is 9.59 Å². The maximum Gasteiger partial charge on any atom is 0.270 e. The lowest BCUT2D eigenvalue weighted by Crippen LogP contribution is -2.49. The van der Waals surface area contributed by atoms with Crippen molar-refractivity contribution in [3.63, 3.8) is 0 Å². The Labute approximate surface area is 341 Å². The lowest BCUT2D eigenvalue weighted by Gasteiger charge is -2.35. The number of rotatable bonds is 14. The molecule has 2 aliphatic rings. The van der Waals surface area contributed by atoms with Crippen LogP contribution in [0.2, 0.25) is 0 Å². The number of nitrogens with zero attached hydrogens (tertiary/aromatic N) is 8. The fraction of sp³-hybridized carbons (Fsp3) is 0.415. The van der Waals surface area contributed by atoms with Crippen LogP contribution in [0.15, 0.2) is 54.9 Å². The Morgan fingerprint density at radius 3 is 2.38 bits per heavy atom. The number of hydrogen-bond acceptors (Lipinski definition) is 12. The molecular formula is C41H50N12O4S. The summed E-state index contributed by atoms with van der Waals surface area (Å²) in [4.78, 5) is 76.8. The van der Waals surface area contributed by atoms with Crippen molar-refractivity contribution in [1.29, 1.82) is 0 Å². The largest absolute Gasteiger partial charge is 0.368 e. The van der Waals surface area contributed by atoms with E-state index in [4.69, 9.17) is 4.98 Å². The molecule has 4 amide bonds. The Morgan fingerprint density at radius 2 is 1.67 bits per heavy atom. The van der Waals surface area contributed by atoms with E-state index >= 15 is 0 Å². The summed E-state index contributed by atoms with van der Waals surface area (Å²) < 4.78 is 2.10. The first-order chi connectivity index (χ1) is 28.0. The molecule has 304 valence electrons. The van der Waals surface area contributed by atoms with Gasteiger partial charge in [-0.25, -0.2) is 15.0 Å². The minimum atomic E-state index is -0.346. The fourth-order valence-electron chi connectivity index (χ4n) is 7.35. The number of anilines is 5. The summed E-state index contributed by atoms with van der Waals surface area (Å²) in [6.07, 6.45) is 8.55. The summed E-state index contributed by atoms with van der Waals surface area (Å²) in [5.41, 5.74) is 4.01. The molecule has 0 spiro atoms. The van der Waals surface area contributed by atoms with Gasteiger partial charge in [0.1, 0.15) is 17.2 Å². The van der Waals surface area contributed by atoms with E-state index in [1.165, 1.54) is 11.3 Å². The molecule has 5 aromatic rings. The summed E-state index contributed by atoms with van der Waals surface area (Å²) in [6.45, 7) is 7.41. The van der Waals surface area contributed by atoms with Crippen LogP contribution in [0.5, 0.6) is 0 Å². The van der Waals surface area contributed by atoms with Crippen molar-refractivity contribution >= 4 is 74.3 Å². The summed E-state index contributed by atoms with van der Waals surface area (Å²) >= 11 is 1.40. The number of fused-ring (bicyclic) bond motifs is 1. The van der Waals surface area contributed by atoms with E-state index < -0.39 is 0 Å². The van der Waals surface area contributed by atoms with E-state index in [1.54, 1.807) is 49.5 Å². The molecule has 4 N–H and O–H groups in total. The average Bonchev–Trinajstić information content (AvgIpc) is 3.95.